The molecule has 3 amide bonds. The standard InChI is InChI=1S/C19H34ClN5O5/c1-7-11(4)16(30-19(29)15(10(2)3)23-12(5)26)18(28)25-14(17(27)24(6)21)8-13(20)9-22-25/h10-11,13-16,22H,7-9,21H2,1-6H3,(H,23,26). The molecule has 172 valence electrons. The maximum Gasteiger partial charge on any atom is 0.329 e. The Labute approximate surface area is 182 Å². The first-order valence-corrected chi connectivity index (χ1v) is 10.5. The van der Waals surface area contributed by atoms with Gasteiger partial charge in [0, 0.05) is 26.4 Å². The molecule has 5 atom stereocenters. The van der Waals surface area contributed by atoms with Gasteiger partial charge in [-0.3, -0.25) is 24.4 Å². The minimum absolute atomic E-state index is 0.211. The number of likely N-dealkylation sites (N-methyl/N-ethyl adjacent to an activating group) is 1. The van der Waals surface area contributed by atoms with Crippen molar-refractivity contribution >= 4 is 35.3 Å². The van der Waals surface area contributed by atoms with Crippen LogP contribution in [0.5, 0.6) is 0 Å². The Hall–Kier alpha value is -1.91. The first kappa shape index (κ1) is 26.1. The molecule has 0 spiro atoms. The van der Waals surface area contributed by atoms with Crippen LogP contribution in [0.4, 0.5) is 0 Å². The number of hydrazine groups is 2. The quantitative estimate of drug-likeness (QED) is 0.158. The summed E-state index contributed by atoms with van der Waals surface area (Å²) in [5.74, 6) is 2.89. The lowest BCUT2D eigenvalue weighted by molar-refractivity contribution is -0.172. The van der Waals surface area contributed by atoms with E-state index in [4.69, 9.17) is 22.2 Å². The van der Waals surface area contributed by atoms with Gasteiger partial charge in [0.25, 0.3) is 11.8 Å². The van der Waals surface area contributed by atoms with Crippen molar-refractivity contribution in [2.24, 2.45) is 17.7 Å². The van der Waals surface area contributed by atoms with Crippen molar-refractivity contribution in [3.63, 3.8) is 0 Å². The Morgan fingerprint density at radius 3 is 2.37 bits per heavy atom. The van der Waals surface area contributed by atoms with Crippen LogP contribution >= 0.6 is 11.6 Å². The highest BCUT2D eigenvalue weighted by molar-refractivity contribution is 6.21. The van der Waals surface area contributed by atoms with Crippen LogP contribution in [-0.2, 0) is 23.9 Å². The van der Waals surface area contributed by atoms with Crippen LogP contribution in [0.1, 0.15) is 47.5 Å². The molecular weight excluding hydrogens is 414 g/mol. The molecule has 0 bridgehead atoms. The lowest BCUT2D eigenvalue weighted by atomic mass is 9.98. The molecule has 5 unspecified atom stereocenters. The fourth-order valence-corrected chi connectivity index (χ4v) is 3.33. The molecule has 1 saturated heterocycles. The summed E-state index contributed by atoms with van der Waals surface area (Å²) < 4.78 is 5.58. The van der Waals surface area contributed by atoms with Crippen molar-refractivity contribution in [2.75, 3.05) is 13.6 Å². The van der Waals surface area contributed by atoms with Crippen molar-refractivity contribution < 1.29 is 23.9 Å². The Morgan fingerprint density at radius 2 is 1.90 bits per heavy atom. The van der Waals surface area contributed by atoms with Crippen molar-refractivity contribution in [2.45, 2.75) is 71.0 Å². The molecule has 1 aliphatic heterocycles. The second-order valence-corrected chi connectivity index (χ2v) is 8.65. The lowest BCUT2D eigenvalue weighted by Gasteiger charge is -2.40. The summed E-state index contributed by atoms with van der Waals surface area (Å²) in [6.07, 6.45) is -0.379. The van der Waals surface area contributed by atoms with E-state index in [2.05, 4.69) is 10.7 Å². The van der Waals surface area contributed by atoms with Crippen LogP contribution in [0.3, 0.4) is 0 Å². The fourth-order valence-electron chi connectivity index (χ4n) is 3.09. The number of halogens is 1. The zero-order valence-electron chi connectivity index (χ0n) is 18.5. The third kappa shape index (κ3) is 6.82. The molecule has 0 aromatic rings. The van der Waals surface area contributed by atoms with Crippen LogP contribution in [-0.4, -0.2) is 70.9 Å². The SMILES string of the molecule is CCC(C)C(OC(=O)C(NC(C)=O)C(C)C)C(=O)N1NCC(Cl)CC1C(=O)N(C)N. The lowest BCUT2D eigenvalue weighted by Crippen LogP contribution is -2.64. The number of esters is 1. The van der Waals surface area contributed by atoms with Gasteiger partial charge in [0.05, 0.1) is 5.38 Å². The van der Waals surface area contributed by atoms with E-state index in [-0.39, 0.29) is 36.1 Å². The molecule has 0 radical (unpaired) electrons. The van der Waals surface area contributed by atoms with E-state index in [0.717, 1.165) is 10.0 Å². The number of carbonyl (C=O) groups excluding carboxylic acids is 4. The van der Waals surface area contributed by atoms with Gasteiger partial charge in [-0.25, -0.2) is 16.1 Å². The van der Waals surface area contributed by atoms with E-state index < -0.39 is 36.0 Å². The molecule has 1 heterocycles. The number of nitrogens with two attached hydrogens (primary N) is 1. The highest BCUT2D eigenvalue weighted by Crippen LogP contribution is 2.22. The average Bonchev–Trinajstić information content (AvgIpc) is 2.67. The Kier molecular flexibility index (Phi) is 9.99. The van der Waals surface area contributed by atoms with E-state index in [9.17, 15) is 19.2 Å². The van der Waals surface area contributed by atoms with Crippen molar-refractivity contribution in [3.05, 3.63) is 0 Å². The van der Waals surface area contributed by atoms with E-state index in [0.29, 0.717) is 6.42 Å². The summed E-state index contributed by atoms with van der Waals surface area (Å²) in [5.41, 5.74) is 2.86. The van der Waals surface area contributed by atoms with E-state index in [1.807, 2.05) is 6.92 Å². The number of ether oxygens (including phenoxy) is 1. The number of alkyl halides is 1. The summed E-state index contributed by atoms with van der Waals surface area (Å²) in [6.45, 7) is 8.74. The summed E-state index contributed by atoms with van der Waals surface area (Å²) in [4.78, 5) is 50.1. The van der Waals surface area contributed by atoms with Crippen LogP contribution in [0.25, 0.3) is 0 Å². The molecule has 1 fully saturated rings. The monoisotopic (exact) mass is 447 g/mol. The molecule has 10 nitrogen and oxygen atoms in total. The number of hydrogen-bond acceptors (Lipinski definition) is 7. The molecule has 4 N–H and O–H groups in total. The van der Waals surface area contributed by atoms with E-state index in [1.165, 1.54) is 14.0 Å². The van der Waals surface area contributed by atoms with Gasteiger partial charge in [-0.05, 0) is 18.8 Å². The molecule has 1 rings (SSSR count). The minimum atomic E-state index is -1.14. The molecule has 30 heavy (non-hydrogen) atoms. The Balaban J connectivity index is 3.14. The predicted molar refractivity (Wildman–Crippen MR) is 112 cm³/mol. The van der Waals surface area contributed by atoms with Gasteiger partial charge in [-0.2, -0.15) is 0 Å². The van der Waals surface area contributed by atoms with Crippen LogP contribution in [0, 0.1) is 11.8 Å². The minimum Gasteiger partial charge on any atom is -0.450 e. The summed E-state index contributed by atoms with van der Waals surface area (Å²) in [6, 6.07) is -1.82. The first-order valence-electron chi connectivity index (χ1n) is 10.1. The van der Waals surface area contributed by atoms with Gasteiger partial charge in [-0.1, -0.05) is 27.7 Å². The number of hydrogen-bond donors (Lipinski definition) is 3. The maximum absolute atomic E-state index is 13.3. The first-order chi connectivity index (χ1) is 13.9. The zero-order valence-corrected chi connectivity index (χ0v) is 19.2. The number of carbonyl (C=O) groups is 4. The van der Waals surface area contributed by atoms with E-state index >= 15 is 0 Å². The normalized spacial score (nSPS) is 22.1. The highest BCUT2D eigenvalue weighted by atomic mass is 35.5. The van der Waals surface area contributed by atoms with Gasteiger partial charge in [0.2, 0.25) is 5.91 Å². The van der Waals surface area contributed by atoms with Gasteiger partial charge < -0.3 is 10.1 Å². The number of nitrogens with zero attached hydrogens (tertiary/aromatic N) is 2. The van der Waals surface area contributed by atoms with Crippen LogP contribution in [0.2, 0.25) is 0 Å². The molecule has 0 aromatic carbocycles. The summed E-state index contributed by atoms with van der Waals surface area (Å²) in [5, 5.41) is 4.26. The smallest absolute Gasteiger partial charge is 0.329 e. The van der Waals surface area contributed by atoms with E-state index in [1.54, 1.807) is 20.8 Å². The van der Waals surface area contributed by atoms with Crippen LogP contribution < -0.4 is 16.6 Å². The van der Waals surface area contributed by atoms with Crippen LogP contribution in [0.15, 0.2) is 0 Å². The fraction of sp³-hybridized carbons (Fsp3) is 0.789. The largest absolute Gasteiger partial charge is 0.450 e. The van der Waals surface area contributed by atoms with Gasteiger partial charge >= 0.3 is 5.97 Å². The second-order valence-electron chi connectivity index (χ2n) is 8.03. The van der Waals surface area contributed by atoms with Crippen molar-refractivity contribution in [1.82, 2.24) is 20.8 Å². The Bertz CT molecular complexity index is 645. The predicted octanol–water partition coefficient (Wildman–Crippen LogP) is 0.150. The average molecular weight is 448 g/mol. The van der Waals surface area contributed by atoms with Crippen molar-refractivity contribution in [3.8, 4) is 0 Å². The molecule has 0 aromatic heterocycles. The van der Waals surface area contributed by atoms with Gasteiger partial charge in [-0.15, -0.1) is 11.6 Å². The topological polar surface area (TPSA) is 134 Å². The summed E-state index contributed by atoms with van der Waals surface area (Å²) >= 11 is 6.17. The molecular formula is C19H34ClN5O5. The van der Waals surface area contributed by atoms with Crippen molar-refractivity contribution in [1.29, 1.82) is 0 Å². The summed E-state index contributed by atoms with van der Waals surface area (Å²) in [7, 11) is 1.38. The Morgan fingerprint density at radius 1 is 1.30 bits per heavy atom. The number of nitrogens with one attached hydrogen (secondary N) is 2. The third-order valence-corrected chi connectivity index (χ3v) is 5.40. The molecule has 0 saturated carbocycles. The molecule has 0 aliphatic carbocycles. The van der Waals surface area contributed by atoms with Gasteiger partial charge in [0.1, 0.15) is 12.1 Å². The molecule has 11 heteroatoms. The maximum atomic E-state index is 13.3. The molecule has 1 aliphatic rings. The third-order valence-electron chi connectivity index (χ3n) is 5.07. The van der Waals surface area contributed by atoms with Gasteiger partial charge in [0.15, 0.2) is 6.10 Å². The highest BCUT2D eigenvalue weighted by Gasteiger charge is 2.42. The number of amides is 3. The zero-order chi connectivity index (χ0) is 23.2. The second kappa shape index (κ2) is 11.5. The number of rotatable bonds is 8.